The summed E-state index contributed by atoms with van der Waals surface area (Å²) in [5.41, 5.74) is 5.53. The van der Waals surface area contributed by atoms with E-state index in [0.717, 1.165) is 6.42 Å². The molecule has 214 valence electrons. The molecule has 0 saturated carbocycles. The second-order valence-corrected chi connectivity index (χ2v) is 11.8. The van der Waals surface area contributed by atoms with Gasteiger partial charge < -0.3 is 30.5 Å². The van der Waals surface area contributed by atoms with Crippen molar-refractivity contribution in [3.63, 3.8) is 0 Å². The van der Waals surface area contributed by atoms with Crippen LogP contribution in [0.1, 0.15) is 47.5 Å². The molecule has 0 aromatic heterocycles. The Bertz CT molecular complexity index is 985. The van der Waals surface area contributed by atoms with E-state index in [4.69, 9.17) is 10.5 Å². The summed E-state index contributed by atoms with van der Waals surface area (Å²) in [5.74, 6) is -1.64. The van der Waals surface area contributed by atoms with Crippen molar-refractivity contribution in [2.24, 2.45) is 22.6 Å². The molecule has 0 aromatic carbocycles. The molecule has 4 rings (SSSR count). The van der Waals surface area contributed by atoms with Gasteiger partial charge in [-0.2, -0.15) is 0 Å². The lowest BCUT2D eigenvalue weighted by molar-refractivity contribution is -0.163. The summed E-state index contributed by atoms with van der Waals surface area (Å²) < 4.78 is 5.38. The van der Waals surface area contributed by atoms with Crippen molar-refractivity contribution in [3.8, 4) is 0 Å². The SMILES string of the molecule is C.CC(N)=NCOCN[C@H]1CCN([C@@H]2C[C@H](SC3=C(C(=O)O)N4C(=O)[C@H]([C@@H](C)O)[C@H]4[C@H]3C)CN2C)C(=O)C1. The number of thioether (sulfide) groups is 1. The van der Waals surface area contributed by atoms with E-state index in [2.05, 4.69) is 15.2 Å². The minimum Gasteiger partial charge on any atom is -0.477 e. The van der Waals surface area contributed by atoms with Gasteiger partial charge in [-0.25, -0.2) is 9.79 Å². The average Bonchev–Trinajstić information content (AvgIpc) is 3.28. The van der Waals surface area contributed by atoms with Crippen molar-refractivity contribution in [1.82, 2.24) is 20.0 Å². The number of nitrogens with zero attached hydrogens (tertiary/aromatic N) is 4. The molecule has 2 amide bonds. The molecule has 3 fully saturated rings. The monoisotopic (exact) mass is 554 g/mol. The summed E-state index contributed by atoms with van der Waals surface area (Å²) in [6, 6.07) is -0.283. The molecule has 3 saturated heterocycles. The van der Waals surface area contributed by atoms with Crippen LogP contribution in [-0.4, -0.2) is 112 Å². The van der Waals surface area contributed by atoms with Gasteiger partial charge >= 0.3 is 5.97 Å². The molecule has 5 N–H and O–H groups in total. The van der Waals surface area contributed by atoms with Gasteiger partial charge in [0.2, 0.25) is 11.8 Å². The number of rotatable bonds is 10. The summed E-state index contributed by atoms with van der Waals surface area (Å²) in [6.07, 6.45) is 1.03. The van der Waals surface area contributed by atoms with Gasteiger partial charge in [0.25, 0.3) is 0 Å². The van der Waals surface area contributed by atoms with E-state index in [1.165, 1.54) is 16.7 Å². The Kier molecular flexibility index (Phi) is 9.85. The number of hydrogen-bond acceptors (Lipinski definition) is 9. The normalized spacial score (nSPS) is 32.8. The number of piperidine rings is 1. The molecule has 13 heteroatoms. The number of amides is 2. The average molecular weight is 555 g/mol. The number of nitrogens with one attached hydrogen (secondary N) is 1. The fraction of sp³-hybridized carbons (Fsp3) is 0.760. The fourth-order valence-corrected chi connectivity index (χ4v) is 7.54. The van der Waals surface area contributed by atoms with Crippen molar-refractivity contribution >= 4 is 35.4 Å². The van der Waals surface area contributed by atoms with Crippen molar-refractivity contribution in [1.29, 1.82) is 0 Å². The number of aliphatic hydroxyl groups excluding tert-OH is 1. The van der Waals surface area contributed by atoms with Crippen LogP contribution >= 0.6 is 11.8 Å². The number of nitrogens with two attached hydrogens (primary N) is 1. The molecular formula is C25H42N6O6S. The summed E-state index contributed by atoms with van der Waals surface area (Å²) in [6.45, 7) is 7.02. The molecular weight excluding hydrogens is 512 g/mol. The van der Waals surface area contributed by atoms with Crippen molar-refractivity contribution in [2.45, 2.75) is 77.1 Å². The third-order valence-corrected chi connectivity index (χ3v) is 9.27. The van der Waals surface area contributed by atoms with E-state index in [9.17, 15) is 24.6 Å². The smallest absolute Gasteiger partial charge is 0.353 e. The van der Waals surface area contributed by atoms with Crippen LogP contribution < -0.4 is 11.1 Å². The molecule has 0 bridgehead atoms. The third-order valence-electron chi connectivity index (χ3n) is 7.78. The Balaban J connectivity index is 0.00000400. The molecule has 4 aliphatic heterocycles. The fourth-order valence-electron chi connectivity index (χ4n) is 5.95. The maximum atomic E-state index is 13.0. The minimum atomic E-state index is -1.11. The Hall–Kier alpha value is -2.19. The van der Waals surface area contributed by atoms with Gasteiger partial charge in [0.05, 0.1) is 36.8 Å². The largest absolute Gasteiger partial charge is 0.477 e. The maximum Gasteiger partial charge on any atom is 0.353 e. The molecule has 0 spiro atoms. The summed E-state index contributed by atoms with van der Waals surface area (Å²) in [7, 11) is 1.99. The standard InChI is InChI=1S/C24H38N6O6S.CH4/c1-12-20-19(13(2)31)23(33)30(20)21(24(34)35)22(12)37-16-8-17(28(4)9-16)29-6-5-15(7-18(29)32)27-11-36-10-26-14(3)25;/h12-13,15-17,19-20,27,31H,5-11H2,1-4H3,(H2,25,26)(H,34,35);1H4/t12-,13-,15+,16+,17-,19-,20-;/m1./s1. The second-order valence-electron chi connectivity index (χ2n) is 10.4. The third kappa shape index (κ3) is 5.86. The van der Waals surface area contributed by atoms with Crippen molar-refractivity contribution < 1.29 is 29.3 Å². The van der Waals surface area contributed by atoms with Crippen LogP contribution in [0.2, 0.25) is 0 Å². The van der Waals surface area contributed by atoms with Gasteiger partial charge in [-0.15, -0.1) is 11.8 Å². The van der Waals surface area contributed by atoms with Crippen LogP contribution in [0, 0.1) is 11.8 Å². The Morgan fingerprint density at radius 2 is 2.08 bits per heavy atom. The Labute approximate surface area is 228 Å². The zero-order valence-corrected chi connectivity index (χ0v) is 22.6. The van der Waals surface area contributed by atoms with Crippen molar-refractivity contribution in [3.05, 3.63) is 10.6 Å². The van der Waals surface area contributed by atoms with Crippen LogP contribution in [-0.2, 0) is 19.1 Å². The number of aliphatic carboxylic acids is 1. The molecule has 0 aliphatic carbocycles. The lowest BCUT2D eigenvalue weighted by Crippen LogP contribution is -2.63. The van der Waals surface area contributed by atoms with Crippen LogP contribution in [0.25, 0.3) is 0 Å². The molecule has 38 heavy (non-hydrogen) atoms. The van der Waals surface area contributed by atoms with Gasteiger partial charge in [0, 0.05) is 41.6 Å². The minimum absolute atomic E-state index is 0. The van der Waals surface area contributed by atoms with E-state index < -0.39 is 18.0 Å². The van der Waals surface area contributed by atoms with Crippen LogP contribution in [0.3, 0.4) is 0 Å². The number of aliphatic imine (C=N–C) groups is 1. The Morgan fingerprint density at radius 1 is 1.37 bits per heavy atom. The highest BCUT2D eigenvalue weighted by Crippen LogP contribution is 2.52. The van der Waals surface area contributed by atoms with Crippen LogP contribution in [0.4, 0.5) is 0 Å². The van der Waals surface area contributed by atoms with E-state index in [0.29, 0.717) is 43.4 Å². The molecule has 0 radical (unpaired) electrons. The van der Waals surface area contributed by atoms with Crippen LogP contribution in [0.15, 0.2) is 15.6 Å². The number of carboxylic acids is 1. The number of likely N-dealkylation sites (tertiary alicyclic amines) is 2. The topological polar surface area (TPSA) is 161 Å². The molecule has 0 aromatic rings. The predicted octanol–water partition coefficient (Wildman–Crippen LogP) is 0.429. The first-order chi connectivity index (χ1) is 17.5. The van der Waals surface area contributed by atoms with Gasteiger partial charge in [-0.05, 0) is 33.7 Å². The van der Waals surface area contributed by atoms with Crippen molar-refractivity contribution in [2.75, 3.05) is 33.6 Å². The number of ether oxygens (including phenoxy) is 1. The number of hydrogen-bond donors (Lipinski definition) is 4. The molecule has 7 atom stereocenters. The van der Waals surface area contributed by atoms with Gasteiger partial charge in [-0.3, -0.25) is 19.8 Å². The predicted molar refractivity (Wildman–Crippen MR) is 145 cm³/mol. The van der Waals surface area contributed by atoms with Crippen LogP contribution in [0.5, 0.6) is 0 Å². The first kappa shape index (κ1) is 30.4. The first-order valence-electron chi connectivity index (χ1n) is 12.7. The summed E-state index contributed by atoms with van der Waals surface area (Å²) in [5, 5.41) is 23.3. The van der Waals surface area contributed by atoms with E-state index >= 15 is 0 Å². The highest BCUT2D eigenvalue weighted by atomic mass is 32.2. The molecule has 4 heterocycles. The molecule has 12 nitrogen and oxygen atoms in total. The molecule has 4 aliphatic rings. The number of fused-ring (bicyclic) bond motifs is 1. The van der Waals surface area contributed by atoms with Gasteiger partial charge in [-0.1, -0.05) is 14.4 Å². The zero-order chi connectivity index (χ0) is 27.0. The second kappa shape index (κ2) is 12.3. The number of β-lactam (4-membered cyclic amide) rings is 1. The lowest BCUT2D eigenvalue weighted by Gasteiger charge is -2.46. The highest BCUT2D eigenvalue weighted by Gasteiger charge is 2.60. The van der Waals surface area contributed by atoms with Gasteiger partial charge in [0.1, 0.15) is 12.4 Å². The molecule has 0 unspecified atom stereocenters. The van der Waals surface area contributed by atoms with E-state index in [-0.39, 0.29) is 61.1 Å². The van der Waals surface area contributed by atoms with Gasteiger partial charge in [0.15, 0.2) is 0 Å². The summed E-state index contributed by atoms with van der Waals surface area (Å²) in [4.78, 5) is 47.8. The number of carboxylic acid groups (broad SMARTS) is 1. The number of aliphatic hydroxyl groups is 1. The number of carbonyl (C=O) groups excluding carboxylic acids is 2. The first-order valence-corrected chi connectivity index (χ1v) is 13.6. The number of carbonyl (C=O) groups is 3. The number of amidine groups is 1. The highest BCUT2D eigenvalue weighted by molar-refractivity contribution is 8.03. The zero-order valence-electron chi connectivity index (χ0n) is 21.8. The summed E-state index contributed by atoms with van der Waals surface area (Å²) >= 11 is 1.51. The van der Waals surface area contributed by atoms with E-state index in [1.54, 1.807) is 13.8 Å². The quantitative estimate of drug-likeness (QED) is 0.0980. The van der Waals surface area contributed by atoms with E-state index in [1.807, 2.05) is 18.9 Å². The lowest BCUT2D eigenvalue weighted by atomic mass is 9.79. The Morgan fingerprint density at radius 3 is 2.68 bits per heavy atom. The maximum absolute atomic E-state index is 13.0.